The van der Waals surface area contributed by atoms with E-state index >= 15 is 0 Å². The molecule has 0 saturated carbocycles. The quantitative estimate of drug-likeness (QED) is 0.370. The molecule has 2 rings (SSSR count). The van der Waals surface area contributed by atoms with Crippen molar-refractivity contribution in [2.45, 2.75) is 71.4 Å². The molecule has 4 heteroatoms. The summed E-state index contributed by atoms with van der Waals surface area (Å²) in [5.74, 6) is 1.23. The average molecular weight is 475 g/mol. The van der Waals surface area contributed by atoms with Gasteiger partial charge < -0.3 is 0 Å². The van der Waals surface area contributed by atoms with Gasteiger partial charge in [0.15, 0.2) is 0 Å². The zero-order valence-corrected chi connectivity index (χ0v) is 21.9. The molecule has 0 aliphatic heterocycles. The summed E-state index contributed by atoms with van der Waals surface area (Å²) in [7, 11) is -1.77. The van der Waals surface area contributed by atoms with Crippen molar-refractivity contribution in [3.63, 3.8) is 0 Å². The van der Waals surface area contributed by atoms with Gasteiger partial charge in [-0.15, -0.1) is 0 Å². The van der Waals surface area contributed by atoms with Gasteiger partial charge in [-0.3, -0.25) is 0 Å². The van der Waals surface area contributed by atoms with Gasteiger partial charge in [0.1, 0.15) is 0 Å². The third kappa shape index (κ3) is 7.48. The Morgan fingerprint density at radius 1 is 1.17 bits per heavy atom. The standard InChI is InChI=1S/C25H37NOSeSi/c1-19-13-14-24(28-22-11-9-8-10-12-22)20(2)23(27-29(5,6)7)17-21(18-26)25(3,4)16-15-19/h8-12,15,17,20-21,24H,13-14,16H2,1-7H3/b19-15+,23-17-/t20-,21?,24-/m1/s1. The molecule has 0 aromatic heterocycles. The summed E-state index contributed by atoms with van der Waals surface area (Å²) in [6.45, 7) is 15.7. The molecule has 3 atom stereocenters. The van der Waals surface area contributed by atoms with Crippen LogP contribution >= 0.6 is 0 Å². The molecule has 1 aliphatic carbocycles. The van der Waals surface area contributed by atoms with Crippen LogP contribution in [0, 0.1) is 28.6 Å². The summed E-state index contributed by atoms with van der Waals surface area (Å²) >= 11 is 0.370. The Morgan fingerprint density at radius 2 is 1.83 bits per heavy atom. The van der Waals surface area contributed by atoms with Crippen LogP contribution in [-0.4, -0.2) is 23.3 Å². The van der Waals surface area contributed by atoms with Gasteiger partial charge in [0.2, 0.25) is 0 Å². The fraction of sp³-hybridized carbons (Fsp3) is 0.560. The third-order valence-electron chi connectivity index (χ3n) is 5.57. The number of nitrogens with zero attached hydrogens (tertiary/aromatic N) is 1. The van der Waals surface area contributed by atoms with Crippen molar-refractivity contribution in [3.8, 4) is 6.07 Å². The van der Waals surface area contributed by atoms with E-state index in [1.54, 1.807) is 0 Å². The van der Waals surface area contributed by atoms with Gasteiger partial charge in [0.05, 0.1) is 0 Å². The van der Waals surface area contributed by atoms with Crippen LogP contribution in [0.2, 0.25) is 24.5 Å². The molecule has 158 valence electrons. The van der Waals surface area contributed by atoms with Gasteiger partial charge in [-0.1, -0.05) is 0 Å². The molecule has 1 aliphatic rings. The number of hydrogen-bond acceptors (Lipinski definition) is 2. The second-order valence-electron chi connectivity index (χ2n) is 9.93. The molecule has 2 nitrogen and oxygen atoms in total. The molecule has 0 amide bonds. The summed E-state index contributed by atoms with van der Waals surface area (Å²) in [6, 6.07) is 13.5. The van der Waals surface area contributed by atoms with Crippen molar-refractivity contribution in [1.82, 2.24) is 0 Å². The van der Waals surface area contributed by atoms with Crippen LogP contribution < -0.4 is 4.46 Å². The number of nitriles is 1. The van der Waals surface area contributed by atoms with Crippen molar-refractivity contribution < 1.29 is 4.43 Å². The summed E-state index contributed by atoms with van der Waals surface area (Å²) < 4.78 is 8.07. The zero-order valence-electron chi connectivity index (χ0n) is 19.2. The second kappa shape index (κ2) is 10.2. The number of hydrogen-bond donors (Lipinski definition) is 0. The summed E-state index contributed by atoms with van der Waals surface area (Å²) in [6.07, 6.45) is 7.75. The molecule has 0 N–H and O–H groups in total. The number of benzene rings is 1. The topological polar surface area (TPSA) is 33.0 Å². The SMILES string of the molecule is C/C1=C\CC(C)(C)C(C#N)/C=C(\O[Si](C)(C)C)[C@@H](C)[C@H]([Se]c2ccccc2)CC1. The van der Waals surface area contributed by atoms with Gasteiger partial charge in [0.25, 0.3) is 0 Å². The van der Waals surface area contributed by atoms with Crippen LogP contribution in [-0.2, 0) is 4.43 Å². The average Bonchev–Trinajstić information content (AvgIpc) is 2.66. The molecule has 0 spiro atoms. The molecule has 0 heterocycles. The van der Waals surface area contributed by atoms with Crippen LogP contribution in [0.1, 0.15) is 47.0 Å². The Kier molecular flexibility index (Phi) is 8.41. The predicted molar refractivity (Wildman–Crippen MR) is 128 cm³/mol. The van der Waals surface area contributed by atoms with Crippen molar-refractivity contribution in [1.29, 1.82) is 5.26 Å². The Hall–Kier alpha value is -1.27. The van der Waals surface area contributed by atoms with E-state index in [9.17, 15) is 5.26 Å². The third-order valence-corrected chi connectivity index (χ3v) is 9.55. The first-order valence-corrected chi connectivity index (χ1v) is 15.9. The Bertz CT molecular complexity index is 770. The van der Waals surface area contributed by atoms with E-state index in [0.29, 0.717) is 25.7 Å². The van der Waals surface area contributed by atoms with Gasteiger partial charge in [0, 0.05) is 0 Å². The molecular formula is C25H37NOSeSi. The van der Waals surface area contributed by atoms with E-state index in [1.807, 2.05) is 0 Å². The molecule has 0 bridgehead atoms. The van der Waals surface area contributed by atoms with Gasteiger partial charge in [-0.25, -0.2) is 0 Å². The van der Waals surface area contributed by atoms with Gasteiger partial charge >= 0.3 is 186 Å². The van der Waals surface area contributed by atoms with E-state index < -0.39 is 8.32 Å². The second-order valence-corrected chi connectivity index (χ2v) is 17.1. The van der Waals surface area contributed by atoms with E-state index in [2.05, 4.69) is 95.9 Å². The van der Waals surface area contributed by atoms with Crippen molar-refractivity contribution in [3.05, 3.63) is 53.8 Å². The van der Waals surface area contributed by atoms with Crippen LogP contribution in [0.25, 0.3) is 0 Å². The minimum absolute atomic E-state index is 0.103. The first kappa shape index (κ1) is 24.0. The molecule has 0 fully saturated rings. The minimum atomic E-state index is -1.77. The van der Waals surface area contributed by atoms with Crippen molar-refractivity contribution in [2.75, 3.05) is 0 Å². The van der Waals surface area contributed by atoms with Crippen LogP contribution in [0.15, 0.2) is 53.8 Å². The zero-order chi connectivity index (χ0) is 21.7. The summed E-state index contributed by atoms with van der Waals surface area (Å²) in [5.41, 5.74) is 1.35. The Balaban J connectivity index is 2.47. The summed E-state index contributed by atoms with van der Waals surface area (Å²) in [5, 5.41) is 9.99. The molecule has 0 radical (unpaired) electrons. The maximum atomic E-state index is 9.99. The predicted octanol–water partition coefficient (Wildman–Crippen LogP) is 6.47. The Morgan fingerprint density at radius 3 is 2.41 bits per heavy atom. The van der Waals surface area contributed by atoms with Crippen LogP contribution in [0.3, 0.4) is 0 Å². The van der Waals surface area contributed by atoms with Crippen LogP contribution in [0.4, 0.5) is 0 Å². The van der Waals surface area contributed by atoms with E-state index in [-0.39, 0.29) is 11.3 Å². The van der Waals surface area contributed by atoms with E-state index in [4.69, 9.17) is 4.43 Å². The van der Waals surface area contributed by atoms with Crippen molar-refractivity contribution >= 4 is 27.7 Å². The van der Waals surface area contributed by atoms with E-state index in [0.717, 1.165) is 18.6 Å². The fourth-order valence-electron chi connectivity index (χ4n) is 3.54. The molecule has 0 saturated heterocycles. The van der Waals surface area contributed by atoms with Gasteiger partial charge in [-0.2, -0.15) is 0 Å². The van der Waals surface area contributed by atoms with Crippen molar-refractivity contribution in [2.24, 2.45) is 17.3 Å². The van der Waals surface area contributed by atoms with E-state index in [1.165, 1.54) is 16.5 Å². The molecule has 1 unspecified atom stereocenters. The van der Waals surface area contributed by atoms with Crippen LogP contribution in [0.5, 0.6) is 0 Å². The molecule has 29 heavy (non-hydrogen) atoms. The number of allylic oxidation sites excluding steroid dienone is 4. The van der Waals surface area contributed by atoms with Gasteiger partial charge in [-0.05, 0) is 0 Å². The first-order valence-electron chi connectivity index (χ1n) is 10.7. The molecule has 1 aromatic carbocycles. The monoisotopic (exact) mass is 475 g/mol. The normalized spacial score (nSPS) is 29.4. The fourth-order valence-corrected chi connectivity index (χ4v) is 7.10. The molecule has 1 aromatic rings. The maximum absolute atomic E-state index is 9.99. The Labute approximate surface area is 185 Å². The summed E-state index contributed by atoms with van der Waals surface area (Å²) in [4.78, 5) is 0.552. The molecular weight excluding hydrogens is 437 g/mol. The number of rotatable bonds is 4. The first-order chi connectivity index (χ1) is 13.5.